The minimum absolute atomic E-state index is 0.0471. The quantitative estimate of drug-likeness (QED) is 0.835. The number of carboxylic acid groups (broad SMARTS) is 1. The third kappa shape index (κ3) is 3.91. The Bertz CT molecular complexity index is 581. The maximum atomic E-state index is 13.2. The second kappa shape index (κ2) is 7.28. The van der Waals surface area contributed by atoms with Gasteiger partial charge in [-0.2, -0.15) is 0 Å². The summed E-state index contributed by atoms with van der Waals surface area (Å²) in [6.07, 6.45) is 0.00530. The third-order valence-corrected chi connectivity index (χ3v) is 4.99. The number of carboxylic acids is 1. The number of carbonyl (C=O) groups is 2. The van der Waals surface area contributed by atoms with Gasteiger partial charge in [-0.3, -0.25) is 9.59 Å². The summed E-state index contributed by atoms with van der Waals surface area (Å²) in [4.78, 5) is 24.2. The first-order valence-corrected chi connectivity index (χ1v) is 8.25. The van der Waals surface area contributed by atoms with Crippen molar-refractivity contribution in [2.75, 3.05) is 6.54 Å². The van der Waals surface area contributed by atoms with Crippen molar-refractivity contribution in [3.8, 4) is 0 Å². The van der Waals surface area contributed by atoms with Crippen LogP contribution in [0, 0.1) is 5.92 Å². The third-order valence-electron chi connectivity index (χ3n) is 4.99. The fraction of sp³-hybridized carbons (Fsp3) is 0.556. The number of carbonyl (C=O) groups excluding carboxylic acids is 1. The molecule has 24 heavy (non-hydrogen) atoms. The van der Waals surface area contributed by atoms with Crippen molar-refractivity contribution in [1.29, 1.82) is 0 Å². The molecule has 2 N–H and O–H groups in total. The molecule has 4 nitrogen and oxygen atoms in total. The topological polar surface area (TPSA) is 66.4 Å². The van der Waals surface area contributed by atoms with E-state index in [4.69, 9.17) is 0 Å². The Morgan fingerprint density at radius 3 is 2.33 bits per heavy atom. The van der Waals surface area contributed by atoms with Gasteiger partial charge in [0.05, 0.1) is 0 Å². The van der Waals surface area contributed by atoms with Crippen LogP contribution in [0.5, 0.6) is 0 Å². The number of nitrogens with one attached hydrogen (secondary N) is 1. The van der Waals surface area contributed by atoms with Crippen molar-refractivity contribution in [2.24, 2.45) is 5.92 Å². The lowest BCUT2D eigenvalue weighted by atomic mass is 9.77. The fourth-order valence-corrected chi connectivity index (χ4v) is 3.22. The molecular weight excluding hydrogens is 316 g/mol. The molecule has 0 spiro atoms. The van der Waals surface area contributed by atoms with Gasteiger partial charge in [-0.1, -0.05) is 37.3 Å². The van der Waals surface area contributed by atoms with Gasteiger partial charge in [0.1, 0.15) is 5.41 Å². The van der Waals surface area contributed by atoms with E-state index in [2.05, 4.69) is 5.32 Å². The minimum Gasteiger partial charge on any atom is -0.481 e. The van der Waals surface area contributed by atoms with Gasteiger partial charge in [-0.25, -0.2) is 8.78 Å². The van der Waals surface area contributed by atoms with E-state index in [0.29, 0.717) is 12.0 Å². The summed E-state index contributed by atoms with van der Waals surface area (Å²) in [5.41, 5.74) is -0.592. The van der Waals surface area contributed by atoms with Crippen molar-refractivity contribution < 1.29 is 23.5 Å². The molecule has 0 saturated heterocycles. The number of hydrogen-bond donors (Lipinski definition) is 2. The second-order valence-electron chi connectivity index (χ2n) is 6.45. The van der Waals surface area contributed by atoms with Crippen LogP contribution >= 0.6 is 0 Å². The maximum Gasteiger partial charge on any atom is 0.315 e. The van der Waals surface area contributed by atoms with Crippen LogP contribution in [0.4, 0.5) is 8.78 Å². The van der Waals surface area contributed by atoms with E-state index in [9.17, 15) is 23.5 Å². The number of hydrogen-bond acceptors (Lipinski definition) is 2. The van der Waals surface area contributed by atoms with Crippen LogP contribution in [-0.2, 0) is 15.0 Å². The summed E-state index contributed by atoms with van der Waals surface area (Å²) in [6.45, 7) is 1.71. The molecule has 0 radical (unpaired) electrons. The Hall–Kier alpha value is -1.98. The monoisotopic (exact) mass is 339 g/mol. The largest absolute Gasteiger partial charge is 0.481 e. The molecule has 0 heterocycles. The van der Waals surface area contributed by atoms with Crippen LogP contribution in [0.3, 0.4) is 0 Å². The Morgan fingerprint density at radius 1 is 1.25 bits per heavy atom. The summed E-state index contributed by atoms with van der Waals surface area (Å²) in [6, 6.07) is 8.77. The smallest absolute Gasteiger partial charge is 0.315 e. The molecule has 1 aliphatic carbocycles. The van der Waals surface area contributed by atoms with Crippen molar-refractivity contribution in [3.63, 3.8) is 0 Å². The van der Waals surface area contributed by atoms with Crippen LogP contribution in [-0.4, -0.2) is 29.5 Å². The molecule has 1 amide bonds. The van der Waals surface area contributed by atoms with Crippen LogP contribution in [0.2, 0.25) is 0 Å². The molecule has 1 aliphatic rings. The van der Waals surface area contributed by atoms with E-state index >= 15 is 0 Å². The first-order chi connectivity index (χ1) is 11.3. The van der Waals surface area contributed by atoms with Crippen molar-refractivity contribution in [2.45, 2.75) is 50.4 Å². The molecule has 1 aromatic rings. The molecule has 132 valence electrons. The van der Waals surface area contributed by atoms with Gasteiger partial charge in [-0.05, 0) is 24.8 Å². The Labute approximate surface area is 140 Å². The summed E-state index contributed by atoms with van der Waals surface area (Å²) in [7, 11) is 0. The van der Waals surface area contributed by atoms with Crippen molar-refractivity contribution in [1.82, 2.24) is 5.32 Å². The molecule has 1 fully saturated rings. The maximum absolute atomic E-state index is 13.2. The lowest BCUT2D eigenvalue weighted by molar-refractivity contribution is -0.144. The van der Waals surface area contributed by atoms with E-state index in [1.807, 2.05) is 0 Å². The lowest BCUT2D eigenvalue weighted by Crippen LogP contribution is -2.48. The fourth-order valence-electron chi connectivity index (χ4n) is 3.22. The van der Waals surface area contributed by atoms with Crippen LogP contribution in [0.1, 0.15) is 44.6 Å². The molecule has 0 bridgehead atoms. The summed E-state index contributed by atoms with van der Waals surface area (Å²) < 4.78 is 26.4. The average Bonchev–Trinajstić information content (AvgIpc) is 2.56. The highest BCUT2D eigenvalue weighted by molar-refractivity contribution is 5.84. The van der Waals surface area contributed by atoms with Crippen molar-refractivity contribution >= 4 is 11.9 Å². The summed E-state index contributed by atoms with van der Waals surface area (Å²) in [5.74, 6) is -4.49. The predicted molar refractivity (Wildman–Crippen MR) is 86.0 cm³/mol. The highest BCUT2D eigenvalue weighted by Crippen LogP contribution is 2.36. The van der Waals surface area contributed by atoms with Gasteiger partial charge >= 0.3 is 5.97 Å². The van der Waals surface area contributed by atoms with Gasteiger partial charge in [0, 0.05) is 25.3 Å². The van der Waals surface area contributed by atoms with E-state index in [1.54, 1.807) is 37.3 Å². The zero-order valence-corrected chi connectivity index (χ0v) is 13.7. The van der Waals surface area contributed by atoms with Gasteiger partial charge in [0.15, 0.2) is 0 Å². The Balaban J connectivity index is 2.06. The minimum atomic E-state index is -2.69. The summed E-state index contributed by atoms with van der Waals surface area (Å²) in [5, 5.41) is 12.4. The van der Waals surface area contributed by atoms with E-state index < -0.39 is 23.2 Å². The highest BCUT2D eigenvalue weighted by Gasteiger charge is 2.41. The zero-order chi connectivity index (χ0) is 17.8. The number of halogens is 2. The molecule has 2 rings (SSSR count). The van der Waals surface area contributed by atoms with Crippen LogP contribution in [0.25, 0.3) is 0 Å². The average molecular weight is 339 g/mol. The molecule has 6 heteroatoms. The number of alkyl halides is 2. The number of aliphatic carboxylic acids is 1. The van der Waals surface area contributed by atoms with Gasteiger partial charge < -0.3 is 10.4 Å². The SMILES string of the molecule is CCC(CNC(=O)C1CCC(F)(F)CC1)(C(=O)O)c1ccccc1. The molecule has 0 aliphatic heterocycles. The highest BCUT2D eigenvalue weighted by atomic mass is 19.3. The summed E-state index contributed by atoms with van der Waals surface area (Å²) >= 11 is 0. The molecular formula is C18H23F2NO3. The van der Waals surface area contributed by atoms with Crippen LogP contribution in [0.15, 0.2) is 30.3 Å². The first kappa shape index (κ1) is 18.4. The molecule has 1 saturated carbocycles. The first-order valence-electron chi connectivity index (χ1n) is 8.25. The van der Waals surface area contributed by atoms with Gasteiger partial charge in [0.2, 0.25) is 11.8 Å². The molecule has 1 atom stereocenters. The van der Waals surface area contributed by atoms with Gasteiger partial charge in [-0.15, -0.1) is 0 Å². The molecule has 1 unspecified atom stereocenters. The van der Waals surface area contributed by atoms with E-state index in [0.717, 1.165) is 0 Å². The van der Waals surface area contributed by atoms with Gasteiger partial charge in [0.25, 0.3) is 0 Å². The second-order valence-corrected chi connectivity index (χ2v) is 6.45. The lowest BCUT2D eigenvalue weighted by Gasteiger charge is -2.31. The molecule has 1 aromatic carbocycles. The number of benzene rings is 1. The van der Waals surface area contributed by atoms with E-state index in [-0.39, 0.29) is 38.1 Å². The Morgan fingerprint density at radius 2 is 1.83 bits per heavy atom. The van der Waals surface area contributed by atoms with Crippen molar-refractivity contribution in [3.05, 3.63) is 35.9 Å². The standard InChI is InChI=1S/C18H23F2NO3/c1-2-17(16(23)24,14-6-4-3-5-7-14)12-21-15(22)13-8-10-18(19,20)11-9-13/h3-7,13H,2,8-12H2,1H3,(H,21,22)(H,23,24). The normalized spacial score (nSPS) is 20.1. The van der Waals surface area contributed by atoms with E-state index in [1.165, 1.54) is 0 Å². The molecule has 0 aromatic heterocycles. The predicted octanol–water partition coefficient (Wildman–Crippen LogP) is 3.36. The Kier molecular flexibility index (Phi) is 5.57. The number of amides is 1. The number of rotatable bonds is 6. The van der Waals surface area contributed by atoms with Crippen LogP contribution < -0.4 is 5.32 Å². The zero-order valence-electron chi connectivity index (χ0n) is 13.7.